The number of rotatable bonds is 3. The van der Waals surface area contributed by atoms with Crippen LogP contribution in [0.25, 0.3) is 0 Å². The van der Waals surface area contributed by atoms with Crippen molar-refractivity contribution in [3.05, 3.63) is 22.8 Å². The number of fused-ring (bicyclic) bond motifs is 2. The average Bonchev–Trinajstić information content (AvgIpc) is 2.81. The summed E-state index contributed by atoms with van der Waals surface area (Å²) in [6.07, 6.45) is 11.2. The van der Waals surface area contributed by atoms with Gasteiger partial charge in [0, 0.05) is 23.7 Å². The Balaban J connectivity index is 1.60. The molecule has 0 aromatic carbocycles. The second-order valence-corrected chi connectivity index (χ2v) is 13.2. The van der Waals surface area contributed by atoms with E-state index in [0.29, 0.717) is 30.5 Å². The molecule has 5 unspecified atom stereocenters. The third-order valence-electron chi connectivity index (χ3n) is 10.5. The van der Waals surface area contributed by atoms with Gasteiger partial charge in [-0.25, -0.2) is 0 Å². The lowest BCUT2D eigenvalue weighted by molar-refractivity contribution is -0.165. The van der Waals surface area contributed by atoms with E-state index in [0.717, 1.165) is 38.5 Å². The van der Waals surface area contributed by atoms with Gasteiger partial charge < -0.3 is 4.74 Å². The minimum absolute atomic E-state index is 0.00979. The van der Waals surface area contributed by atoms with E-state index in [9.17, 15) is 9.59 Å². The van der Waals surface area contributed by atoms with Crippen LogP contribution in [0.1, 0.15) is 113 Å². The summed E-state index contributed by atoms with van der Waals surface area (Å²) >= 11 is 0. The average molecular weight is 455 g/mol. The largest absolute Gasteiger partial charge is 0.364 e. The van der Waals surface area contributed by atoms with Gasteiger partial charge in [0.25, 0.3) is 0 Å². The zero-order valence-electron chi connectivity index (χ0n) is 22.4. The Kier molecular flexibility index (Phi) is 6.17. The topological polar surface area (TPSA) is 43.4 Å². The number of carbonyl (C=O) groups is 2. The number of Topliss-reactive ketones (excluding diaryl/α,β-unsaturated/α-hetero) is 2. The summed E-state index contributed by atoms with van der Waals surface area (Å²) < 4.78 is 6.55. The maximum atomic E-state index is 12.8. The van der Waals surface area contributed by atoms with Gasteiger partial charge in [0.05, 0.1) is 6.10 Å². The molecule has 3 fully saturated rings. The Morgan fingerprint density at radius 3 is 2.33 bits per heavy atom. The van der Waals surface area contributed by atoms with Gasteiger partial charge in [-0.3, -0.25) is 9.59 Å². The molecule has 0 N–H and O–H groups in total. The molecule has 0 aromatic heterocycles. The quantitative estimate of drug-likeness (QED) is 0.418. The summed E-state index contributed by atoms with van der Waals surface area (Å²) in [7, 11) is 0. The van der Waals surface area contributed by atoms with Crippen LogP contribution in [0.5, 0.6) is 0 Å². The molecule has 1 saturated heterocycles. The molecule has 2 saturated carbocycles. The molecular formula is C30H46O3. The third-order valence-corrected chi connectivity index (χ3v) is 10.5. The Bertz CT molecular complexity index is 904. The van der Waals surface area contributed by atoms with E-state index in [1.54, 1.807) is 5.57 Å². The van der Waals surface area contributed by atoms with E-state index in [1.807, 2.05) is 13.8 Å². The zero-order chi connectivity index (χ0) is 24.4. The number of hydrogen-bond donors (Lipinski definition) is 0. The van der Waals surface area contributed by atoms with Crippen molar-refractivity contribution >= 4 is 11.6 Å². The molecule has 3 aliphatic carbocycles. The highest BCUT2D eigenvalue weighted by Gasteiger charge is 2.53. The summed E-state index contributed by atoms with van der Waals surface area (Å²) in [4.78, 5) is 25.5. The van der Waals surface area contributed by atoms with Crippen molar-refractivity contribution < 1.29 is 14.3 Å². The first-order valence-electron chi connectivity index (χ1n) is 13.4. The first kappa shape index (κ1) is 24.9. The van der Waals surface area contributed by atoms with Crippen LogP contribution in [0.2, 0.25) is 0 Å². The zero-order valence-corrected chi connectivity index (χ0v) is 22.4. The third kappa shape index (κ3) is 3.91. The molecule has 4 rings (SSSR count). The smallest absolute Gasteiger partial charge is 0.164 e. The number of ketones is 2. The highest BCUT2D eigenvalue weighted by molar-refractivity contribution is 5.89. The standard InChI is InChI=1S/C30H46O3/c1-19-9-13-23-27(3,4)24(31)15-17-29(23,7)21(19)11-12-22-20(2)10-14-26-30(22,8)18-16-25(32)28(5,6)33-26/h13,20,22,26H,9-12,14-18H2,1-8H3. The van der Waals surface area contributed by atoms with Crippen molar-refractivity contribution in [1.29, 1.82) is 0 Å². The highest BCUT2D eigenvalue weighted by atomic mass is 16.5. The summed E-state index contributed by atoms with van der Waals surface area (Å²) in [6.45, 7) is 17.7. The predicted octanol–water partition coefficient (Wildman–Crippen LogP) is 7.39. The maximum Gasteiger partial charge on any atom is 0.164 e. The fourth-order valence-corrected chi connectivity index (χ4v) is 8.18. The molecule has 3 nitrogen and oxygen atoms in total. The molecule has 5 atom stereocenters. The molecule has 33 heavy (non-hydrogen) atoms. The lowest BCUT2D eigenvalue weighted by Gasteiger charge is -2.52. The van der Waals surface area contributed by atoms with E-state index in [1.165, 1.54) is 17.6 Å². The van der Waals surface area contributed by atoms with Gasteiger partial charge >= 0.3 is 0 Å². The van der Waals surface area contributed by atoms with Crippen LogP contribution in [0.15, 0.2) is 22.8 Å². The van der Waals surface area contributed by atoms with Gasteiger partial charge in [-0.2, -0.15) is 0 Å². The van der Waals surface area contributed by atoms with Crippen LogP contribution in [0.4, 0.5) is 0 Å². The molecule has 1 aliphatic heterocycles. The molecule has 0 bridgehead atoms. The van der Waals surface area contributed by atoms with Crippen molar-refractivity contribution in [3.63, 3.8) is 0 Å². The number of allylic oxidation sites excluding steroid dienone is 4. The SMILES string of the molecule is CC1=C(CCC2C(C)CCC3OC(C)(C)C(=O)CCC32C)C2(C)CCC(=O)C(C)(C)C2=CC1. The molecule has 0 aromatic rings. The Hall–Kier alpha value is -1.22. The summed E-state index contributed by atoms with van der Waals surface area (Å²) in [6, 6.07) is 0. The highest BCUT2D eigenvalue weighted by Crippen LogP contribution is 2.58. The van der Waals surface area contributed by atoms with Crippen molar-refractivity contribution in [2.24, 2.45) is 28.1 Å². The summed E-state index contributed by atoms with van der Waals surface area (Å²) in [5, 5.41) is 0. The van der Waals surface area contributed by atoms with E-state index in [-0.39, 0.29) is 28.1 Å². The molecule has 0 spiro atoms. The van der Waals surface area contributed by atoms with Gasteiger partial charge in [-0.1, -0.05) is 43.6 Å². The van der Waals surface area contributed by atoms with E-state index in [2.05, 4.69) is 47.6 Å². The van der Waals surface area contributed by atoms with Crippen LogP contribution in [-0.2, 0) is 14.3 Å². The molecule has 4 aliphatic rings. The molecule has 0 amide bonds. The monoisotopic (exact) mass is 454 g/mol. The maximum absolute atomic E-state index is 12.8. The second kappa shape index (κ2) is 8.18. The van der Waals surface area contributed by atoms with Crippen LogP contribution in [0, 0.1) is 28.1 Å². The Morgan fingerprint density at radius 2 is 1.64 bits per heavy atom. The van der Waals surface area contributed by atoms with Crippen LogP contribution in [-0.4, -0.2) is 23.3 Å². The Morgan fingerprint density at radius 1 is 0.970 bits per heavy atom. The van der Waals surface area contributed by atoms with Gasteiger partial charge in [-0.05, 0) is 96.8 Å². The van der Waals surface area contributed by atoms with E-state index in [4.69, 9.17) is 4.74 Å². The van der Waals surface area contributed by atoms with Crippen molar-refractivity contribution in [2.45, 2.75) is 125 Å². The second-order valence-electron chi connectivity index (χ2n) is 13.2. The lowest BCUT2D eigenvalue weighted by atomic mass is 9.53. The summed E-state index contributed by atoms with van der Waals surface area (Å²) in [5.41, 5.74) is 3.49. The normalized spacial score (nSPS) is 40.6. The fourth-order valence-electron chi connectivity index (χ4n) is 8.18. The molecular weight excluding hydrogens is 408 g/mol. The van der Waals surface area contributed by atoms with Gasteiger partial charge in [0.1, 0.15) is 11.4 Å². The number of ether oxygens (including phenoxy) is 1. The van der Waals surface area contributed by atoms with Crippen LogP contribution >= 0.6 is 0 Å². The van der Waals surface area contributed by atoms with Gasteiger partial charge in [0.2, 0.25) is 0 Å². The molecule has 184 valence electrons. The lowest BCUT2D eigenvalue weighted by Crippen LogP contribution is -2.49. The summed E-state index contributed by atoms with van der Waals surface area (Å²) in [5.74, 6) is 1.84. The Labute approximate surface area is 201 Å². The molecule has 3 heteroatoms. The van der Waals surface area contributed by atoms with E-state index >= 15 is 0 Å². The minimum Gasteiger partial charge on any atom is -0.364 e. The first-order chi connectivity index (χ1) is 15.2. The van der Waals surface area contributed by atoms with Crippen molar-refractivity contribution in [1.82, 2.24) is 0 Å². The van der Waals surface area contributed by atoms with Gasteiger partial charge in [0.15, 0.2) is 5.78 Å². The molecule has 0 radical (unpaired) electrons. The van der Waals surface area contributed by atoms with Crippen LogP contribution in [0.3, 0.4) is 0 Å². The van der Waals surface area contributed by atoms with E-state index < -0.39 is 5.60 Å². The number of carbonyl (C=O) groups excluding carboxylic acids is 2. The number of hydrogen-bond acceptors (Lipinski definition) is 3. The van der Waals surface area contributed by atoms with Crippen molar-refractivity contribution in [2.75, 3.05) is 0 Å². The first-order valence-corrected chi connectivity index (χ1v) is 13.4. The van der Waals surface area contributed by atoms with Crippen molar-refractivity contribution in [3.8, 4) is 0 Å². The minimum atomic E-state index is -0.663. The van der Waals surface area contributed by atoms with Crippen LogP contribution < -0.4 is 0 Å². The fraction of sp³-hybridized carbons (Fsp3) is 0.800. The molecule has 1 heterocycles. The van der Waals surface area contributed by atoms with Gasteiger partial charge in [-0.15, -0.1) is 0 Å². The predicted molar refractivity (Wildman–Crippen MR) is 134 cm³/mol.